The van der Waals surface area contributed by atoms with Gasteiger partial charge in [0.15, 0.2) is 0 Å². The zero-order valence-corrected chi connectivity index (χ0v) is 11.3. The van der Waals surface area contributed by atoms with Gasteiger partial charge >= 0.3 is 5.97 Å². The van der Waals surface area contributed by atoms with E-state index < -0.39 is 5.97 Å². The van der Waals surface area contributed by atoms with E-state index in [4.69, 9.17) is 5.11 Å². The van der Waals surface area contributed by atoms with Crippen LogP contribution in [-0.2, 0) is 0 Å². The summed E-state index contributed by atoms with van der Waals surface area (Å²) < 4.78 is 14.2. The summed E-state index contributed by atoms with van der Waals surface area (Å²) in [5.74, 6) is -1.36. The number of benzene rings is 1. The molecule has 6 heteroatoms. The summed E-state index contributed by atoms with van der Waals surface area (Å²) in [7, 11) is 0. The highest BCUT2D eigenvalue weighted by Gasteiger charge is 2.06. The van der Waals surface area contributed by atoms with Crippen molar-refractivity contribution in [1.29, 1.82) is 0 Å². The van der Waals surface area contributed by atoms with Gasteiger partial charge in [-0.3, -0.25) is 0 Å². The van der Waals surface area contributed by atoms with Gasteiger partial charge in [0, 0.05) is 10.0 Å². The molecule has 1 aromatic heterocycles. The molecule has 0 amide bonds. The molecule has 92 valence electrons. The first-order chi connectivity index (χ1) is 8.56. The van der Waals surface area contributed by atoms with Crippen molar-refractivity contribution < 1.29 is 14.3 Å². The predicted octanol–water partition coefficient (Wildman–Crippen LogP) is 3.91. The van der Waals surface area contributed by atoms with E-state index in [0.717, 1.165) is 11.3 Å². The molecule has 0 spiro atoms. The van der Waals surface area contributed by atoms with Gasteiger partial charge in [0.05, 0.1) is 6.20 Å². The molecule has 0 fully saturated rings. The number of aromatic carboxylic acids is 1. The maximum absolute atomic E-state index is 13.5. The van der Waals surface area contributed by atoms with E-state index in [-0.39, 0.29) is 10.7 Å². The number of carboxylic acid groups (broad SMARTS) is 1. The molecule has 0 unspecified atom stereocenters. The van der Waals surface area contributed by atoms with Crippen LogP contribution in [0.1, 0.15) is 20.2 Å². The molecule has 0 radical (unpaired) electrons. The molecule has 0 aliphatic carbocycles. The largest absolute Gasteiger partial charge is 0.477 e. The Morgan fingerprint density at radius 3 is 2.83 bits per heavy atom. The lowest BCUT2D eigenvalue weighted by Crippen LogP contribution is -1.89. The van der Waals surface area contributed by atoms with Crippen molar-refractivity contribution in [2.24, 2.45) is 0 Å². The predicted molar refractivity (Wildman–Crippen MR) is 72.1 cm³/mol. The number of carboxylic acids is 1. The van der Waals surface area contributed by atoms with Crippen molar-refractivity contribution in [3.05, 3.63) is 50.1 Å². The molecule has 0 saturated heterocycles. The molecule has 1 N–H and O–H groups in total. The van der Waals surface area contributed by atoms with Crippen LogP contribution in [0.3, 0.4) is 0 Å². The van der Waals surface area contributed by atoms with Crippen molar-refractivity contribution in [1.82, 2.24) is 4.98 Å². The van der Waals surface area contributed by atoms with Gasteiger partial charge in [0.1, 0.15) is 15.7 Å². The van der Waals surface area contributed by atoms with Gasteiger partial charge < -0.3 is 5.11 Å². The third-order valence-corrected chi connectivity index (χ3v) is 3.55. The Kier molecular flexibility index (Phi) is 3.88. The molecule has 18 heavy (non-hydrogen) atoms. The highest BCUT2D eigenvalue weighted by molar-refractivity contribution is 9.10. The number of thiazole rings is 1. The topological polar surface area (TPSA) is 50.2 Å². The van der Waals surface area contributed by atoms with Crippen LogP contribution in [-0.4, -0.2) is 16.1 Å². The van der Waals surface area contributed by atoms with Crippen molar-refractivity contribution in [2.45, 2.75) is 0 Å². The quantitative estimate of drug-likeness (QED) is 0.929. The van der Waals surface area contributed by atoms with Crippen LogP contribution >= 0.6 is 27.3 Å². The number of aromatic nitrogens is 1. The van der Waals surface area contributed by atoms with Crippen LogP contribution < -0.4 is 0 Å². The van der Waals surface area contributed by atoms with Crippen LogP contribution in [0.2, 0.25) is 0 Å². The molecular weight excluding hydrogens is 321 g/mol. The molecule has 0 atom stereocenters. The Labute approximate surface area is 115 Å². The van der Waals surface area contributed by atoms with E-state index in [9.17, 15) is 9.18 Å². The smallest absolute Gasteiger partial charge is 0.347 e. The first-order valence-electron chi connectivity index (χ1n) is 4.88. The van der Waals surface area contributed by atoms with E-state index in [1.165, 1.54) is 12.3 Å². The Balaban J connectivity index is 2.21. The lowest BCUT2D eigenvalue weighted by atomic mass is 10.2. The summed E-state index contributed by atoms with van der Waals surface area (Å²) in [5, 5.41) is 9.26. The second kappa shape index (κ2) is 5.41. The van der Waals surface area contributed by atoms with Gasteiger partial charge in [-0.1, -0.05) is 22.0 Å². The molecule has 1 heterocycles. The van der Waals surface area contributed by atoms with E-state index >= 15 is 0 Å². The molecule has 2 rings (SSSR count). The third-order valence-electron chi connectivity index (χ3n) is 2.10. The van der Waals surface area contributed by atoms with Gasteiger partial charge in [-0.25, -0.2) is 14.2 Å². The number of hydrogen-bond acceptors (Lipinski definition) is 3. The van der Waals surface area contributed by atoms with Gasteiger partial charge in [-0.05, 0) is 24.3 Å². The van der Waals surface area contributed by atoms with E-state index in [1.807, 2.05) is 0 Å². The lowest BCUT2D eigenvalue weighted by Gasteiger charge is -1.96. The molecule has 0 saturated carbocycles. The number of rotatable bonds is 3. The van der Waals surface area contributed by atoms with Gasteiger partial charge in [-0.2, -0.15) is 0 Å². The van der Waals surface area contributed by atoms with E-state index in [0.29, 0.717) is 15.0 Å². The maximum Gasteiger partial charge on any atom is 0.347 e. The molecule has 1 aromatic carbocycles. The second-order valence-corrected chi connectivity index (χ2v) is 5.34. The minimum absolute atomic E-state index is 0.158. The average molecular weight is 328 g/mol. The molecule has 2 aromatic rings. The Morgan fingerprint density at radius 1 is 1.44 bits per heavy atom. The fourth-order valence-corrected chi connectivity index (χ4v) is 2.25. The molecular formula is C12H7BrFNO2S. The maximum atomic E-state index is 13.5. The zero-order valence-electron chi connectivity index (χ0n) is 8.93. The van der Waals surface area contributed by atoms with E-state index in [1.54, 1.807) is 24.3 Å². The fourth-order valence-electron chi connectivity index (χ4n) is 1.26. The summed E-state index contributed by atoms with van der Waals surface area (Å²) in [6, 6.07) is 4.72. The van der Waals surface area contributed by atoms with Crippen molar-refractivity contribution in [3.8, 4) is 0 Å². The summed E-state index contributed by atoms with van der Waals surface area (Å²) in [6.45, 7) is 0. The van der Waals surface area contributed by atoms with Crippen LogP contribution in [0.5, 0.6) is 0 Å². The summed E-state index contributed by atoms with van der Waals surface area (Å²) >= 11 is 4.21. The minimum Gasteiger partial charge on any atom is -0.477 e. The summed E-state index contributed by atoms with van der Waals surface area (Å²) in [5.41, 5.74) is 0.422. The van der Waals surface area contributed by atoms with Crippen LogP contribution in [0, 0.1) is 5.82 Å². The van der Waals surface area contributed by atoms with Gasteiger partial charge in [0.25, 0.3) is 0 Å². The Bertz CT molecular complexity index is 624. The normalized spacial score (nSPS) is 11.0. The first-order valence-corrected chi connectivity index (χ1v) is 6.49. The van der Waals surface area contributed by atoms with Gasteiger partial charge in [0.2, 0.25) is 0 Å². The van der Waals surface area contributed by atoms with Crippen molar-refractivity contribution in [3.63, 3.8) is 0 Å². The third kappa shape index (κ3) is 3.02. The molecule has 0 aliphatic heterocycles. The average Bonchev–Trinajstić information content (AvgIpc) is 2.76. The van der Waals surface area contributed by atoms with Crippen LogP contribution in [0.25, 0.3) is 12.2 Å². The minimum atomic E-state index is -1.01. The van der Waals surface area contributed by atoms with E-state index in [2.05, 4.69) is 20.9 Å². The number of carbonyl (C=O) groups is 1. The SMILES string of the molecule is O=C(O)c1cnc(/C=C/c2ccc(Br)cc2F)s1. The summed E-state index contributed by atoms with van der Waals surface area (Å²) in [4.78, 5) is 14.7. The highest BCUT2D eigenvalue weighted by atomic mass is 79.9. The standard InChI is InChI=1S/C12H7BrFNO2S/c13-8-3-1-7(9(14)5-8)2-4-11-15-6-10(18-11)12(16)17/h1-6H,(H,16,17)/b4-2+. The Hall–Kier alpha value is -1.53. The van der Waals surface area contributed by atoms with Crippen molar-refractivity contribution in [2.75, 3.05) is 0 Å². The number of halogens is 2. The van der Waals surface area contributed by atoms with Crippen molar-refractivity contribution >= 4 is 45.4 Å². The highest BCUT2D eigenvalue weighted by Crippen LogP contribution is 2.19. The molecule has 3 nitrogen and oxygen atoms in total. The monoisotopic (exact) mass is 327 g/mol. The molecule has 0 aliphatic rings. The number of nitrogens with zero attached hydrogens (tertiary/aromatic N) is 1. The second-order valence-electron chi connectivity index (χ2n) is 3.37. The zero-order chi connectivity index (χ0) is 13.1. The lowest BCUT2D eigenvalue weighted by molar-refractivity contribution is 0.0702. The van der Waals surface area contributed by atoms with Crippen LogP contribution in [0.15, 0.2) is 28.9 Å². The first kappa shape index (κ1) is 12.9. The molecule has 0 bridgehead atoms. The Morgan fingerprint density at radius 2 is 2.22 bits per heavy atom. The fraction of sp³-hybridized carbons (Fsp3) is 0. The summed E-state index contributed by atoms with van der Waals surface area (Å²) in [6.07, 6.45) is 4.43. The number of hydrogen-bond donors (Lipinski definition) is 1. The van der Waals surface area contributed by atoms with Crippen LogP contribution in [0.4, 0.5) is 4.39 Å². The van der Waals surface area contributed by atoms with Gasteiger partial charge in [-0.15, -0.1) is 11.3 Å².